The lowest BCUT2D eigenvalue weighted by atomic mass is 9.73. The Balaban J connectivity index is 2.03. The molecule has 1 saturated carbocycles. The molecule has 1 aliphatic rings. The van der Waals surface area contributed by atoms with Gasteiger partial charge in [0, 0.05) is 12.7 Å². The van der Waals surface area contributed by atoms with Gasteiger partial charge >= 0.3 is 0 Å². The number of aromatic nitrogens is 1. The highest BCUT2D eigenvalue weighted by molar-refractivity contribution is 5.83. The van der Waals surface area contributed by atoms with Crippen molar-refractivity contribution in [1.82, 2.24) is 10.3 Å². The van der Waals surface area contributed by atoms with Gasteiger partial charge in [0.05, 0.1) is 17.2 Å². The van der Waals surface area contributed by atoms with Gasteiger partial charge in [-0.3, -0.25) is 9.78 Å². The normalized spacial score (nSPS) is 19.7. The number of rotatable bonds is 4. The number of carbonyl (C=O) groups excluding carboxylic acids is 1. The molecule has 1 amide bonds. The molecule has 104 valence electrons. The highest BCUT2D eigenvalue weighted by Gasteiger charge is 2.38. The molecule has 1 fully saturated rings. The number of nitrogens with zero attached hydrogens (tertiary/aromatic N) is 1. The Kier molecular flexibility index (Phi) is 4.53. The summed E-state index contributed by atoms with van der Waals surface area (Å²) in [6, 6.07) is 5.67. The van der Waals surface area contributed by atoms with Crippen LogP contribution in [0.25, 0.3) is 0 Å². The standard InChI is InChI=1S/C15H23N3O/c1-12(13-7-3-6-10-17-13)18-14(19)15(11-16)8-4-2-5-9-15/h3,6-7,10,12H,2,4-5,8-9,11,16H2,1H3,(H,18,19). The van der Waals surface area contributed by atoms with Crippen LogP contribution in [0, 0.1) is 5.41 Å². The molecule has 1 heterocycles. The highest BCUT2D eigenvalue weighted by atomic mass is 16.2. The highest BCUT2D eigenvalue weighted by Crippen LogP contribution is 2.36. The van der Waals surface area contributed by atoms with Crippen LogP contribution in [0.2, 0.25) is 0 Å². The van der Waals surface area contributed by atoms with Gasteiger partial charge in [0.1, 0.15) is 0 Å². The molecule has 4 nitrogen and oxygen atoms in total. The van der Waals surface area contributed by atoms with E-state index in [2.05, 4.69) is 10.3 Å². The van der Waals surface area contributed by atoms with Crippen LogP contribution >= 0.6 is 0 Å². The summed E-state index contributed by atoms with van der Waals surface area (Å²) >= 11 is 0. The zero-order valence-corrected chi connectivity index (χ0v) is 11.6. The van der Waals surface area contributed by atoms with Gasteiger partial charge in [-0.1, -0.05) is 25.3 Å². The quantitative estimate of drug-likeness (QED) is 0.872. The number of nitrogens with one attached hydrogen (secondary N) is 1. The molecule has 1 aromatic heterocycles. The maximum atomic E-state index is 12.5. The second-order valence-electron chi connectivity index (χ2n) is 5.49. The van der Waals surface area contributed by atoms with Crippen LogP contribution in [0.5, 0.6) is 0 Å². The van der Waals surface area contributed by atoms with Gasteiger partial charge in [-0.05, 0) is 31.9 Å². The van der Waals surface area contributed by atoms with E-state index in [0.717, 1.165) is 31.4 Å². The van der Waals surface area contributed by atoms with Crippen molar-refractivity contribution in [2.45, 2.75) is 45.1 Å². The maximum absolute atomic E-state index is 12.5. The molecule has 1 aliphatic carbocycles. The van der Waals surface area contributed by atoms with E-state index in [1.54, 1.807) is 6.20 Å². The Morgan fingerprint density at radius 1 is 1.42 bits per heavy atom. The third-order valence-electron chi connectivity index (χ3n) is 4.16. The van der Waals surface area contributed by atoms with E-state index in [4.69, 9.17) is 5.73 Å². The molecule has 0 bridgehead atoms. The Labute approximate surface area is 114 Å². The average molecular weight is 261 g/mol. The summed E-state index contributed by atoms with van der Waals surface area (Å²) in [6.07, 6.45) is 6.97. The van der Waals surface area contributed by atoms with E-state index in [9.17, 15) is 4.79 Å². The summed E-state index contributed by atoms with van der Waals surface area (Å²) < 4.78 is 0. The Hall–Kier alpha value is -1.42. The first-order chi connectivity index (χ1) is 9.18. The van der Waals surface area contributed by atoms with E-state index in [0.29, 0.717) is 6.54 Å². The molecule has 19 heavy (non-hydrogen) atoms. The van der Waals surface area contributed by atoms with E-state index in [1.165, 1.54) is 6.42 Å². The zero-order chi connectivity index (χ0) is 13.7. The van der Waals surface area contributed by atoms with Crippen molar-refractivity contribution in [3.63, 3.8) is 0 Å². The fourth-order valence-corrected chi connectivity index (χ4v) is 2.81. The first kappa shape index (κ1) is 14.0. The maximum Gasteiger partial charge on any atom is 0.228 e. The predicted molar refractivity (Wildman–Crippen MR) is 75.4 cm³/mol. The van der Waals surface area contributed by atoms with E-state index >= 15 is 0 Å². The molecule has 1 unspecified atom stereocenters. The minimum absolute atomic E-state index is 0.0703. The number of pyridine rings is 1. The van der Waals surface area contributed by atoms with Crippen molar-refractivity contribution >= 4 is 5.91 Å². The predicted octanol–water partition coefficient (Wildman–Crippen LogP) is 2.17. The van der Waals surface area contributed by atoms with E-state index in [1.807, 2.05) is 25.1 Å². The molecule has 0 aliphatic heterocycles. The Bertz CT molecular complexity index is 413. The van der Waals surface area contributed by atoms with Gasteiger partial charge in [0.15, 0.2) is 0 Å². The molecule has 1 atom stereocenters. The monoisotopic (exact) mass is 261 g/mol. The second-order valence-corrected chi connectivity index (χ2v) is 5.49. The molecular formula is C15H23N3O. The number of nitrogens with two attached hydrogens (primary N) is 1. The van der Waals surface area contributed by atoms with Crippen LogP contribution in [-0.4, -0.2) is 17.4 Å². The molecule has 2 rings (SSSR count). The van der Waals surface area contributed by atoms with Gasteiger partial charge < -0.3 is 11.1 Å². The largest absolute Gasteiger partial charge is 0.347 e. The van der Waals surface area contributed by atoms with Gasteiger partial charge in [-0.15, -0.1) is 0 Å². The first-order valence-corrected chi connectivity index (χ1v) is 7.10. The van der Waals surface area contributed by atoms with Crippen LogP contribution in [-0.2, 0) is 4.79 Å². The Morgan fingerprint density at radius 3 is 2.74 bits per heavy atom. The van der Waals surface area contributed by atoms with Crippen molar-refractivity contribution < 1.29 is 4.79 Å². The molecule has 0 saturated heterocycles. The summed E-state index contributed by atoms with van der Waals surface area (Å²) in [5, 5.41) is 3.08. The van der Waals surface area contributed by atoms with Crippen LogP contribution in [0.3, 0.4) is 0 Å². The third-order valence-corrected chi connectivity index (χ3v) is 4.16. The lowest BCUT2D eigenvalue weighted by Crippen LogP contribution is -2.47. The molecule has 3 N–H and O–H groups in total. The third kappa shape index (κ3) is 3.13. The van der Waals surface area contributed by atoms with Crippen molar-refractivity contribution in [1.29, 1.82) is 0 Å². The Morgan fingerprint density at radius 2 is 2.16 bits per heavy atom. The average Bonchev–Trinajstić information content (AvgIpc) is 2.48. The number of amides is 1. The summed E-state index contributed by atoms with van der Waals surface area (Å²) in [5.41, 5.74) is 6.41. The fraction of sp³-hybridized carbons (Fsp3) is 0.600. The number of hydrogen-bond acceptors (Lipinski definition) is 3. The fourth-order valence-electron chi connectivity index (χ4n) is 2.81. The molecule has 0 spiro atoms. The molecule has 4 heteroatoms. The van der Waals surface area contributed by atoms with Gasteiger partial charge in [-0.25, -0.2) is 0 Å². The van der Waals surface area contributed by atoms with Crippen LogP contribution < -0.4 is 11.1 Å². The first-order valence-electron chi connectivity index (χ1n) is 7.10. The zero-order valence-electron chi connectivity index (χ0n) is 11.6. The summed E-state index contributed by atoms with van der Waals surface area (Å²) in [4.78, 5) is 16.8. The minimum Gasteiger partial charge on any atom is -0.347 e. The topological polar surface area (TPSA) is 68.0 Å². The van der Waals surface area contributed by atoms with Crippen LogP contribution in [0.4, 0.5) is 0 Å². The van der Waals surface area contributed by atoms with Crippen LogP contribution in [0.15, 0.2) is 24.4 Å². The van der Waals surface area contributed by atoms with Gasteiger partial charge in [0.2, 0.25) is 5.91 Å². The molecule has 0 radical (unpaired) electrons. The van der Waals surface area contributed by atoms with Crippen LogP contribution in [0.1, 0.15) is 50.8 Å². The summed E-state index contributed by atoms with van der Waals surface area (Å²) in [6.45, 7) is 2.40. The molecular weight excluding hydrogens is 238 g/mol. The SMILES string of the molecule is CC(NC(=O)C1(CN)CCCCC1)c1ccccn1. The smallest absolute Gasteiger partial charge is 0.228 e. The lowest BCUT2D eigenvalue weighted by Gasteiger charge is -2.35. The van der Waals surface area contributed by atoms with E-state index in [-0.39, 0.29) is 17.4 Å². The molecule has 0 aromatic carbocycles. The van der Waals surface area contributed by atoms with Crippen molar-refractivity contribution in [3.8, 4) is 0 Å². The van der Waals surface area contributed by atoms with Crippen molar-refractivity contribution in [3.05, 3.63) is 30.1 Å². The second kappa shape index (κ2) is 6.15. The minimum atomic E-state index is -0.360. The lowest BCUT2D eigenvalue weighted by molar-refractivity contribution is -0.133. The number of carbonyl (C=O) groups is 1. The number of hydrogen-bond donors (Lipinski definition) is 2. The van der Waals surface area contributed by atoms with Crippen molar-refractivity contribution in [2.24, 2.45) is 11.1 Å². The summed E-state index contributed by atoms with van der Waals surface area (Å²) in [5.74, 6) is 0.0906. The van der Waals surface area contributed by atoms with E-state index < -0.39 is 0 Å². The van der Waals surface area contributed by atoms with Gasteiger partial charge in [0.25, 0.3) is 0 Å². The van der Waals surface area contributed by atoms with Crippen molar-refractivity contribution in [2.75, 3.05) is 6.54 Å². The summed E-state index contributed by atoms with van der Waals surface area (Å²) in [7, 11) is 0. The van der Waals surface area contributed by atoms with Gasteiger partial charge in [-0.2, -0.15) is 0 Å². The molecule has 1 aromatic rings.